The Labute approximate surface area is 366 Å². The van der Waals surface area contributed by atoms with E-state index in [0.29, 0.717) is 0 Å². The van der Waals surface area contributed by atoms with Gasteiger partial charge in [0.05, 0.1) is 0 Å². The van der Waals surface area contributed by atoms with Crippen molar-refractivity contribution >= 4 is 48.1 Å². The molecule has 304 valence electrons. The van der Waals surface area contributed by atoms with Gasteiger partial charge in [-0.2, -0.15) is 0 Å². The van der Waals surface area contributed by atoms with Gasteiger partial charge in [-0.3, -0.25) is 0 Å². The fraction of sp³-hybridized carbons (Fsp3) is 0.308. The van der Waals surface area contributed by atoms with Gasteiger partial charge in [-0.25, -0.2) is 0 Å². The average molecular weight is 926 g/mol. The minimum atomic E-state index is -0.106. The van der Waals surface area contributed by atoms with Crippen LogP contribution in [0.25, 0.3) is 44.5 Å². The van der Waals surface area contributed by atoms with E-state index < -0.39 is 0 Å². The zero-order chi connectivity index (χ0) is 42.3. The van der Waals surface area contributed by atoms with Gasteiger partial charge < -0.3 is 0 Å². The summed E-state index contributed by atoms with van der Waals surface area (Å²) in [5, 5.41) is 2.43. The van der Waals surface area contributed by atoms with Crippen molar-refractivity contribution in [1.29, 1.82) is 0 Å². The third-order valence-corrected chi connectivity index (χ3v) is 10.7. The van der Waals surface area contributed by atoms with Crippen LogP contribution in [0.2, 0.25) is 0 Å². The van der Waals surface area contributed by atoms with E-state index in [-0.39, 0.29) is 37.6 Å². The monoisotopic (exact) mass is 924 g/mol. The van der Waals surface area contributed by atoms with E-state index >= 15 is 0 Å². The van der Waals surface area contributed by atoms with E-state index in [1.54, 1.807) is 0 Å². The quantitative estimate of drug-likeness (QED) is 0.122. The summed E-state index contributed by atoms with van der Waals surface area (Å²) in [6, 6.07) is 48.6. The van der Waals surface area contributed by atoms with E-state index in [1.807, 2.05) is 0 Å². The van der Waals surface area contributed by atoms with Crippen molar-refractivity contribution in [2.24, 2.45) is 0 Å². The molecule has 6 rings (SSSR count). The number of benzene rings is 6. The first-order valence-corrected chi connectivity index (χ1v) is 24.7. The Morgan fingerprint density at radius 3 is 0.930 bits per heavy atom. The summed E-state index contributed by atoms with van der Waals surface area (Å²) in [4.78, 5) is 0. The molecule has 0 heterocycles. The number of halogens is 2. The summed E-state index contributed by atoms with van der Waals surface area (Å²) in [5.41, 5.74) is 16.4. The molecule has 6 aromatic carbocycles. The Balaban J connectivity index is 0.000000236. The van der Waals surface area contributed by atoms with Gasteiger partial charge in [0.25, 0.3) is 0 Å². The second kappa shape index (κ2) is 19.7. The van der Waals surface area contributed by atoms with Crippen LogP contribution >= 0.6 is 37.5 Å². The average Bonchev–Trinajstić information content (AvgIpc) is 3.13. The molecule has 2 atom stereocenters. The molecule has 5 heteroatoms. The number of rotatable bonds is 4. The van der Waals surface area contributed by atoms with Crippen LogP contribution < -0.4 is 10.6 Å². The van der Waals surface area contributed by atoms with Crippen LogP contribution in [-0.4, -0.2) is 0 Å². The van der Waals surface area contributed by atoms with Gasteiger partial charge >= 0.3 is 35.0 Å². The summed E-state index contributed by atoms with van der Waals surface area (Å²) in [7, 11) is 15.4. The summed E-state index contributed by atoms with van der Waals surface area (Å²) < 4.78 is 0. The Bertz CT molecular complexity index is 2070. The first-order chi connectivity index (χ1) is 26.6. The van der Waals surface area contributed by atoms with Gasteiger partial charge in [0.15, 0.2) is 0 Å². The molecule has 0 saturated heterocycles. The van der Waals surface area contributed by atoms with Crippen molar-refractivity contribution in [2.45, 2.75) is 105 Å². The van der Waals surface area contributed by atoms with Crippen LogP contribution in [0.1, 0.15) is 105 Å². The van der Waals surface area contributed by atoms with Crippen LogP contribution in [0.4, 0.5) is 0 Å². The summed E-state index contributed by atoms with van der Waals surface area (Å²) in [5.74, 6) is 0. The summed E-state index contributed by atoms with van der Waals surface area (Å²) >= 11 is -0.106. The normalized spacial score (nSPS) is 12.0. The fourth-order valence-electron chi connectivity index (χ4n) is 7.66. The maximum atomic E-state index is 4.81. The molecule has 0 aliphatic carbocycles. The Morgan fingerprint density at radius 2 is 0.649 bits per heavy atom. The van der Waals surface area contributed by atoms with Crippen molar-refractivity contribution in [2.75, 3.05) is 0 Å². The molecular weight excluding hydrogens is 864 g/mol. The first-order valence-electron chi connectivity index (χ1n) is 19.6. The van der Waals surface area contributed by atoms with Gasteiger partial charge in [-0.1, -0.05) is 180 Å². The topological polar surface area (TPSA) is 0 Å². The molecule has 0 bridgehead atoms. The van der Waals surface area contributed by atoms with Crippen molar-refractivity contribution in [3.63, 3.8) is 0 Å². The van der Waals surface area contributed by atoms with Gasteiger partial charge in [-0.05, 0) is 135 Å². The maximum absolute atomic E-state index is 4.81. The predicted molar refractivity (Wildman–Crippen MR) is 260 cm³/mol. The van der Waals surface area contributed by atoms with E-state index in [2.05, 4.69) is 235 Å². The number of hydrogen-bond acceptors (Lipinski definition) is 0. The van der Waals surface area contributed by atoms with Gasteiger partial charge in [-0.15, -0.1) is 18.5 Å². The zero-order valence-corrected chi connectivity index (χ0v) is 41.3. The van der Waals surface area contributed by atoms with Gasteiger partial charge in [0.1, 0.15) is 0 Å². The first kappa shape index (κ1) is 47.1. The summed E-state index contributed by atoms with van der Waals surface area (Å²) in [6.45, 7) is 27.8. The van der Waals surface area contributed by atoms with Crippen molar-refractivity contribution in [1.82, 2.24) is 0 Å². The summed E-state index contributed by atoms with van der Waals surface area (Å²) in [6.07, 6.45) is 0. The van der Waals surface area contributed by atoms with Crippen molar-refractivity contribution in [3.05, 3.63) is 156 Å². The Kier molecular flexibility index (Phi) is 16.2. The third kappa shape index (κ3) is 12.7. The second-order valence-electron chi connectivity index (χ2n) is 18.9. The van der Waals surface area contributed by atoms with Crippen molar-refractivity contribution < 1.29 is 15.9 Å². The Hall–Kier alpha value is -2.58. The number of hydrogen-bond donors (Lipinski definition) is 0. The van der Waals surface area contributed by atoms with Crippen LogP contribution in [0, 0.1) is 0 Å². The van der Waals surface area contributed by atoms with E-state index in [1.165, 1.54) is 77.4 Å². The van der Waals surface area contributed by atoms with Crippen LogP contribution in [0.5, 0.6) is 0 Å². The molecule has 0 amide bonds. The molecule has 0 saturated carbocycles. The minimum absolute atomic E-state index is 0.0724. The van der Waals surface area contributed by atoms with Gasteiger partial charge in [0, 0.05) is 0 Å². The molecule has 57 heavy (non-hydrogen) atoms. The standard InChI is InChI=1S/2C26H31P.2ClH.Pd/c2*1-25(2,3)23-14-10-13-22(24(23)26(4,5)6)20-15-19(16-21(27)17-20)18-11-8-7-9-12-18;;;/h2*7-17H,27H2,1-6H3;2*1H;/q;;;;+2/p-2. The molecule has 0 spiro atoms. The molecule has 0 nitrogen and oxygen atoms in total. The third-order valence-electron chi connectivity index (χ3n) is 9.99. The van der Waals surface area contributed by atoms with E-state index in [4.69, 9.17) is 19.1 Å². The zero-order valence-electron chi connectivity index (χ0n) is 35.9. The van der Waals surface area contributed by atoms with Gasteiger partial charge in [0.2, 0.25) is 0 Å². The second-order valence-corrected chi connectivity index (χ2v) is 22.6. The molecule has 0 fully saturated rings. The molecule has 6 aromatic rings. The Morgan fingerprint density at radius 1 is 0.351 bits per heavy atom. The SMILES string of the molecule is CC(C)(C)c1cccc(-c2cc(P)cc(-c3ccccc3)c2)c1C(C)(C)C.CC(C)(C)c1cccc(-c2cc(P)cc(-c3ccccc3)c2)c1C(C)(C)C.[Cl][Pd][Cl]. The van der Waals surface area contributed by atoms with Crippen molar-refractivity contribution in [3.8, 4) is 44.5 Å². The molecule has 2 unspecified atom stereocenters. The van der Waals surface area contributed by atoms with Crippen LogP contribution in [0.3, 0.4) is 0 Å². The molecular formula is C52H62Cl2P2Pd. The molecule has 0 aliphatic heterocycles. The van der Waals surface area contributed by atoms with Crippen LogP contribution in [-0.2, 0) is 37.6 Å². The van der Waals surface area contributed by atoms with E-state index in [0.717, 1.165) is 0 Å². The fourth-order valence-corrected chi connectivity index (χ4v) is 8.38. The molecule has 0 aliphatic rings. The predicted octanol–water partition coefficient (Wildman–Crippen LogP) is 15.6. The molecule has 0 N–H and O–H groups in total. The van der Waals surface area contributed by atoms with E-state index in [9.17, 15) is 0 Å². The molecule has 0 aromatic heterocycles. The molecule has 0 radical (unpaired) electrons. The van der Waals surface area contributed by atoms with Crippen LogP contribution in [0.15, 0.2) is 133 Å².